The molecule has 0 radical (unpaired) electrons. The molecule has 266 valence electrons. The molecule has 0 aliphatic carbocycles. The predicted molar refractivity (Wildman–Crippen MR) is 219 cm³/mol. The summed E-state index contributed by atoms with van der Waals surface area (Å²) >= 11 is 8.18. The van der Waals surface area contributed by atoms with Gasteiger partial charge in [0, 0.05) is 30.6 Å². The maximum absolute atomic E-state index is 13.3. The molecular weight excluding hydrogens is 706 g/mol. The molecule has 0 spiro atoms. The molecule has 1 saturated heterocycles. The van der Waals surface area contributed by atoms with Gasteiger partial charge in [0.1, 0.15) is 5.82 Å². The molecule has 1 fully saturated rings. The molecule has 5 aromatic rings. The first-order valence-corrected chi connectivity index (χ1v) is 22.6. The van der Waals surface area contributed by atoms with Gasteiger partial charge in [-0.05, 0) is 30.8 Å². The van der Waals surface area contributed by atoms with E-state index in [-0.39, 0.29) is 37.5 Å². The summed E-state index contributed by atoms with van der Waals surface area (Å²) in [6, 6.07) is 42.7. The van der Waals surface area contributed by atoms with Gasteiger partial charge in [0.05, 0.1) is 10.4 Å². The number of thioether (sulfide) groups is 1. The van der Waals surface area contributed by atoms with Crippen molar-refractivity contribution in [2.24, 2.45) is 5.92 Å². The van der Waals surface area contributed by atoms with Crippen molar-refractivity contribution >= 4 is 66.6 Å². The number of hydrogen-bond acceptors (Lipinski definition) is 6. The Labute approximate surface area is 313 Å². The Morgan fingerprint density at radius 1 is 0.686 bits per heavy atom. The van der Waals surface area contributed by atoms with Gasteiger partial charge in [0.15, 0.2) is 0 Å². The van der Waals surface area contributed by atoms with Crippen LogP contribution < -0.4 is 32.2 Å². The topological polar surface area (TPSA) is 79.4 Å². The number of anilines is 1. The molecule has 51 heavy (non-hydrogen) atoms. The second-order valence-corrected chi connectivity index (χ2v) is 25.7. The van der Waals surface area contributed by atoms with E-state index in [0.29, 0.717) is 13.2 Å². The van der Waals surface area contributed by atoms with Crippen LogP contribution in [-0.4, -0.2) is 44.6 Å². The first kappa shape index (κ1) is 37.3. The minimum atomic E-state index is -2.87. The van der Waals surface area contributed by atoms with Crippen LogP contribution in [0.15, 0.2) is 132 Å². The summed E-state index contributed by atoms with van der Waals surface area (Å²) < 4.78 is 16.6. The third-order valence-corrected chi connectivity index (χ3v) is 22.1. The molecular formula is C41H48ClN3O3SSi2. The molecule has 10 heteroatoms. The van der Waals surface area contributed by atoms with E-state index < -0.39 is 22.3 Å². The maximum Gasteiger partial charge on any atom is 0.350 e. The van der Waals surface area contributed by atoms with Gasteiger partial charge in [-0.15, -0.1) is 11.8 Å². The van der Waals surface area contributed by atoms with E-state index >= 15 is 0 Å². The lowest BCUT2D eigenvalue weighted by Gasteiger charge is -2.50. The lowest BCUT2D eigenvalue weighted by Crippen LogP contribution is -2.68. The van der Waals surface area contributed by atoms with Crippen molar-refractivity contribution in [1.82, 2.24) is 9.55 Å². The molecule has 1 aliphatic rings. The van der Waals surface area contributed by atoms with Crippen molar-refractivity contribution in [3.05, 3.63) is 143 Å². The number of rotatable bonds is 11. The van der Waals surface area contributed by atoms with Gasteiger partial charge < -0.3 is 14.6 Å². The van der Waals surface area contributed by atoms with E-state index in [9.17, 15) is 4.79 Å². The Hall–Kier alpha value is -3.45. The molecule has 6 nitrogen and oxygen atoms in total. The van der Waals surface area contributed by atoms with Gasteiger partial charge in [-0.25, -0.2) is 4.79 Å². The molecule has 2 heterocycles. The molecule has 1 aromatic heterocycles. The SMILES string of the molecule is CC(C)(C)[Si](OC[C@H]1SC(n2cc(Cl)c(N)nc2=O)[C@@H]1CO[Si](c1ccccc1)(c1ccccc1)C(C)(C)C)(c1ccccc1)c1ccccc1. The largest absolute Gasteiger partial charge is 0.407 e. The van der Waals surface area contributed by atoms with Crippen LogP contribution in [0.2, 0.25) is 15.1 Å². The standard InChI is InChI=1S/C41H48ClN3O3SSi2/c1-40(2,3)50(30-19-11-7-12-20-30,31-21-13-8-14-22-31)47-28-34-36(49-38(34)45-27-35(42)37(43)44-39(45)46)29-48-51(41(4,5)6,32-23-15-9-16-24-32)33-25-17-10-18-26-33/h7-27,34,36,38H,28-29H2,1-6H3,(H2,43,44,46)/t34-,36-,38?/m1/s1. The highest BCUT2D eigenvalue weighted by atomic mass is 35.5. The van der Waals surface area contributed by atoms with Crippen molar-refractivity contribution in [3.63, 3.8) is 0 Å². The van der Waals surface area contributed by atoms with Crippen LogP contribution in [0.3, 0.4) is 0 Å². The minimum absolute atomic E-state index is 0.0360. The summed E-state index contributed by atoms with van der Waals surface area (Å²) in [5.41, 5.74) is 5.53. The third kappa shape index (κ3) is 7.04. The zero-order valence-corrected chi connectivity index (χ0v) is 33.8. The number of nitrogen functional groups attached to an aromatic ring is 1. The first-order chi connectivity index (χ1) is 24.3. The quantitative estimate of drug-likeness (QED) is 0.149. The van der Waals surface area contributed by atoms with E-state index in [0.717, 1.165) is 0 Å². The van der Waals surface area contributed by atoms with Crippen molar-refractivity contribution < 1.29 is 8.85 Å². The average Bonchev–Trinajstić information content (AvgIpc) is 3.10. The van der Waals surface area contributed by atoms with Crippen LogP contribution in [0.1, 0.15) is 46.9 Å². The summed E-state index contributed by atoms with van der Waals surface area (Å²) in [5.74, 6) is -0.0389. The monoisotopic (exact) mass is 753 g/mol. The Morgan fingerprint density at radius 3 is 1.43 bits per heavy atom. The van der Waals surface area contributed by atoms with E-state index in [1.165, 1.54) is 20.7 Å². The lowest BCUT2D eigenvalue weighted by atomic mass is 10.0. The fraction of sp³-hybridized carbons (Fsp3) is 0.317. The van der Waals surface area contributed by atoms with E-state index in [2.05, 4.69) is 168 Å². The summed E-state index contributed by atoms with van der Waals surface area (Å²) in [6.07, 6.45) is 1.62. The zero-order chi connectivity index (χ0) is 36.4. The van der Waals surface area contributed by atoms with E-state index in [1.54, 1.807) is 22.5 Å². The number of aromatic nitrogens is 2. The Balaban J connectivity index is 1.42. The van der Waals surface area contributed by atoms with Gasteiger partial charge in [-0.3, -0.25) is 4.57 Å². The van der Waals surface area contributed by atoms with Crippen LogP contribution in [0.25, 0.3) is 0 Å². The minimum Gasteiger partial charge on any atom is -0.407 e. The Morgan fingerprint density at radius 2 is 1.06 bits per heavy atom. The molecule has 2 N–H and O–H groups in total. The maximum atomic E-state index is 13.3. The highest BCUT2D eigenvalue weighted by Crippen LogP contribution is 2.52. The molecule has 1 aliphatic heterocycles. The van der Waals surface area contributed by atoms with Gasteiger partial charge in [-0.1, -0.05) is 174 Å². The van der Waals surface area contributed by atoms with Crippen molar-refractivity contribution in [1.29, 1.82) is 0 Å². The second kappa shape index (κ2) is 14.9. The highest BCUT2D eigenvalue weighted by Gasteiger charge is 2.55. The average molecular weight is 755 g/mol. The van der Waals surface area contributed by atoms with Crippen LogP contribution in [0.4, 0.5) is 5.82 Å². The molecule has 0 saturated carbocycles. The van der Waals surface area contributed by atoms with Crippen molar-refractivity contribution in [2.75, 3.05) is 18.9 Å². The van der Waals surface area contributed by atoms with Gasteiger partial charge in [-0.2, -0.15) is 4.98 Å². The predicted octanol–water partition coefficient (Wildman–Crippen LogP) is 6.86. The Kier molecular flexibility index (Phi) is 10.9. The molecule has 0 bridgehead atoms. The summed E-state index contributed by atoms with van der Waals surface area (Å²) in [7, 11) is -5.68. The fourth-order valence-electron chi connectivity index (χ4n) is 7.69. The number of hydrogen-bond donors (Lipinski definition) is 1. The Bertz CT molecular complexity index is 1890. The molecule has 0 amide bonds. The molecule has 1 unspecified atom stereocenters. The summed E-state index contributed by atoms with van der Waals surface area (Å²) in [5, 5.41) is 4.55. The fourth-order valence-corrected chi connectivity index (χ4v) is 18.6. The van der Waals surface area contributed by atoms with Crippen molar-refractivity contribution in [2.45, 2.75) is 62.2 Å². The van der Waals surface area contributed by atoms with Crippen LogP contribution >= 0.6 is 23.4 Å². The number of halogens is 1. The number of benzene rings is 4. The van der Waals surface area contributed by atoms with Gasteiger partial charge in [0.25, 0.3) is 16.6 Å². The number of nitrogens with two attached hydrogens (primary N) is 1. The first-order valence-electron chi connectivity index (χ1n) is 17.5. The molecule has 6 rings (SSSR count). The second-order valence-electron chi connectivity index (χ2n) is 15.3. The van der Waals surface area contributed by atoms with E-state index in [1.807, 2.05) is 0 Å². The van der Waals surface area contributed by atoms with Gasteiger partial charge >= 0.3 is 5.69 Å². The smallest absolute Gasteiger partial charge is 0.350 e. The lowest BCUT2D eigenvalue weighted by molar-refractivity contribution is 0.165. The summed E-state index contributed by atoms with van der Waals surface area (Å²) in [4.78, 5) is 17.4. The normalized spacial score (nSPS) is 18.3. The van der Waals surface area contributed by atoms with Crippen LogP contribution in [-0.2, 0) is 8.85 Å². The highest BCUT2D eigenvalue weighted by molar-refractivity contribution is 8.01. The molecule has 3 atom stereocenters. The summed E-state index contributed by atoms with van der Waals surface area (Å²) in [6.45, 7) is 14.6. The number of nitrogens with zero attached hydrogens (tertiary/aromatic N) is 2. The van der Waals surface area contributed by atoms with Crippen LogP contribution in [0, 0.1) is 5.92 Å². The third-order valence-electron chi connectivity index (χ3n) is 10.2. The van der Waals surface area contributed by atoms with Crippen molar-refractivity contribution in [3.8, 4) is 0 Å². The molecule has 4 aromatic carbocycles. The van der Waals surface area contributed by atoms with Gasteiger partial charge in [0.2, 0.25) is 0 Å². The zero-order valence-electron chi connectivity index (χ0n) is 30.3. The van der Waals surface area contributed by atoms with E-state index in [4.69, 9.17) is 26.2 Å². The van der Waals surface area contributed by atoms with Crippen LogP contribution in [0.5, 0.6) is 0 Å².